The van der Waals surface area contributed by atoms with Crippen molar-refractivity contribution in [2.45, 2.75) is 71.8 Å². The summed E-state index contributed by atoms with van der Waals surface area (Å²) >= 11 is 0. The van der Waals surface area contributed by atoms with Crippen LogP contribution in [0.25, 0.3) is 0 Å². The van der Waals surface area contributed by atoms with Crippen LogP contribution in [0.4, 0.5) is 0 Å². The Kier molecular flexibility index (Phi) is 5.11. The van der Waals surface area contributed by atoms with Gasteiger partial charge in [0.15, 0.2) is 0 Å². The molecule has 1 aliphatic carbocycles. The van der Waals surface area contributed by atoms with Crippen molar-refractivity contribution < 1.29 is 9.90 Å². The first-order valence-corrected chi connectivity index (χ1v) is 8.48. The van der Waals surface area contributed by atoms with Crippen LogP contribution in [-0.2, 0) is 4.79 Å². The highest BCUT2D eigenvalue weighted by Crippen LogP contribution is 2.41. The van der Waals surface area contributed by atoms with E-state index in [4.69, 9.17) is 0 Å². The predicted octanol–water partition coefficient (Wildman–Crippen LogP) is 3.78. The standard InChI is InChI=1S/C17H31NO2/c1-4-17(5-2)8-10-18(11-9-17)15-12-13(3)6-7-14(15)16(19)20/h13-15H,4-12H2,1-3H3,(H,19,20). The SMILES string of the molecule is CCC1(CC)CCN(C2CC(C)CCC2C(=O)O)CC1. The van der Waals surface area contributed by atoms with E-state index in [1.54, 1.807) is 0 Å². The average Bonchev–Trinajstić information content (AvgIpc) is 2.47. The summed E-state index contributed by atoms with van der Waals surface area (Å²) in [6.07, 6.45) is 8.04. The number of piperidine rings is 1. The third kappa shape index (κ3) is 3.19. The third-order valence-electron chi connectivity index (χ3n) is 6.22. The molecule has 0 radical (unpaired) electrons. The fourth-order valence-electron chi connectivity index (χ4n) is 4.33. The van der Waals surface area contributed by atoms with E-state index < -0.39 is 5.97 Å². The highest BCUT2D eigenvalue weighted by molar-refractivity contribution is 5.71. The molecule has 0 spiro atoms. The predicted molar refractivity (Wildman–Crippen MR) is 81.8 cm³/mol. The number of aliphatic carboxylic acids is 1. The van der Waals surface area contributed by atoms with E-state index in [0.717, 1.165) is 32.4 Å². The van der Waals surface area contributed by atoms with Crippen LogP contribution in [-0.4, -0.2) is 35.1 Å². The maximum Gasteiger partial charge on any atom is 0.308 e. The van der Waals surface area contributed by atoms with Gasteiger partial charge in [-0.15, -0.1) is 0 Å². The molecule has 0 aromatic carbocycles. The molecule has 3 atom stereocenters. The van der Waals surface area contributed by atoms with Crippen LogP contribution in [0.3, 0.4) is 0 Å². The van der Waals surface area contributed by atoms with Crippen LogP contribution < -0.4 is 0 Å². The first-order valence-electron chi connectivity index (χ1n) is 8.48. The normalized spacial score (nSPS) is 34.9. The molecular weight excluding hydrogens is 250 g/mol. The maximum atomic E-state index is 11.5. The second-order valence-electron chi connectivity index (χ2n) is 7.17. The zero-order chi connectivity index (χ0) is 14.8. The van der Waals surface area contributed by atoms with Crippen molar-refractivity contribution in [1.29, 1.82) is 0 Å². The summed E-state index contributed by atoms with van der Waals surface area (Å²) in [4.78, 5) is 14.0. The van der Waals surface area contributed by atoms with Gasteiger partial charge in [-0.3, -0.25) is 9.69 Å². The molecule has 1 aliphatic heterocycles. The molecule has 1 saturated heterocycles. The number of nitrogens with zero attached hydrogens (tertiary/aromatic N) is 1. The van der Waals surface area contributed by atoms with Gasteiger partial charge in [-0.1, -0.05) is 33.6 Å². The summed E-state index contributed by atoms with van der Waals surface area (Å²) in [5.74, 6) is -0.0358. The van der Waals surface area contributed by atoms with Crippen molar-refractivity contribution in [3.63, 3.8) is 0 Å². The number of hydrogen-bond donors (Lipinski definition) is 1. The lowest BCUT2D eigenvalue weighted by Crippen LogP contribution is -2.51. The van der Waals surface area contributed by atoms with E-state index in [0.29, 0.717) is 11.3 Å². The molecule has 0 aromatic rings. The number of rotatable bonds is 4. The summed E-state index contributed by atoms with van der Waals surface area (Å²) < 4.78 is 0. The topological polar surface area (TPSA) is 40.5 Å². The van der Waals surface area contributed by atoms with Crippen LogP contribution >= 0.6 is 0 Å². The van der Waals surface area contributed by atoms with E-state index >= 15 is 0 Å². The molecule has 0 aromatic heterocycles. The Morgan fingerprint density at radius 3 is 2.30 bits per heavy atom. The number of carboxylic acids is 1. The second-order valence-corrected chi connectivity index (χ2v) is 7.17. The van der Waals surface area contributed by atoms with Crippen molar-refractivity contribution in [2.75, 3.05) is 13.1 Å². The Morgan fingerprint density at radius 2 is 1.80 bits per heavy atom. The summed E-state index contributed by atoms with van der Waals surface area (Å²) in [6, 6.07) is 0.281. The minimum atomic E-state index is -0.579. The van der Waals surface area contributed by atoms with Crippen LogP contribution in [0.1, 0.15) is 65.7 Å². The minimum absolute atomic E-state index is 0.137. The van der Waals surface area contributed by atoms with Gasteiger partial charge in [-0.05, 0) is 56.5 Å². The molecule has 0 bridgehead atoms. The molecule has 3 nitrogen and oxygen atoms in total. The zero-order valence-corrected chi connectivity index (χ0v) is 13.4. The molecule has 0 amide bonds. The Bertz CT molecular complexity index is 328. The van der Waals surface area contributed by atoms with Gasteiger partial charge < -0.3 is 5.11 Å². The van der Waals surface area contributed by atoms with Crippen molar-refractivity contribution in [3.05, 3.63) is 0 Å². The van der Waals surface area contributed by atoms with Gasteiger partial charge in [0, 0.05) is 6.04 Å². The van der Waals surface area contributed by atoms with Crippen molar-refractivity contribution >= 4 is 5.97 Å². The third-order valence-corrected chi connectivity index (χ3v) is 6.22. The van der Waals surface area contributed by atoms with Crippen LogP contribution in [0.15, 0.2) is 0 Å². The van der Waals surface area contributed by atoms with Crippen molar-refractivity contribution in [2.24, 2.45) is 17.3 Å². The highest BCUT2D eigenvalue weighted by atomic mass is 16.4. The molecule has 2 fully saturated rings. The van der Waals surface area contributed by atoms with Gasteiger partial charge in [-0.25, -0.2) is 0 Å². The largest absolute Gasteiger partial charge is 0.481 e. The Balaban J connectivity index is 2.01. The Hall–Kier alpha value is -0.570. The average molecular weight is 281 g/mol. The maximum absolute atomic E-state index is 11.5. The van der Waals surface area contributed by atoms with E-state index in [1.165, 1.54) is 25.7 Å². The molecule has 1 heterocycles. The number of carboxylic acid groups (broad SMARTS) is 1. The van der Waals surface area contributed by atoms with E-state index in [1.807, 2.05) is 0 Å². The lowest BCUT2D eigenvalue weighted by molar-refractivity contribution is -0.146. The number of likely N-dealkylation sites (tertiary alicyclic amines) is 1. The van der Waals surface area contributed by atoms with E-state index in [-0.39, 0.29) is 12.0 Å². The molecule has 116 valence electrons. The van der Waals surface area contributed by atoms with Gasteiger partial charge in [0.1, 0.15) is 0 Å². The summed E-state index contributed by atoms with van der Waals surface area (Å²) in [5, 5.41) is 9.49. The lowest BCUT2D eigenvalue weighted by Gasteiger charge is -2.47. The first-order chi connectivity index (χ1) is 9.51. The lowest BCUT2D eigenvalue weighted by atomic mass is 9.72. The van der Waals surface area contributed by atoms with E-state index in [9.17, 15) is 9.90 Å². The molecular formula is C17H31NO2. The van der Waals surface area contributed by atoms with Gasteiger partial charge in [-0.2, -0.15) is 0 Å². The van der Waals surface area contributed by atoms with Gasteiger partial charge in [0.25, 0.3) is 0 Å². The quantitative estimate of drug-likeness (QED) is 0.852. The summed E-state index contributed by atoms with van der Waals surface area (Å²) in [5.41, 5.74) is 0.523. The van der Waals surface area contributed by atoms with E-state index in [2.05, 4.69) is 25.7 Å². The monoisotopic (exact) mass is 281 g/mol. The molecule has 2 rings (SSSR count). The highest BCUT2D eigenvalue weighted by Gasteiger charge is 2.40. The molecule has 1 saturated carbocycles. The van der Waals surface area contributed by atoms with Crippen LogP contribution in [0, 0.1) is 17.3 Å². The molecule has 20 heavy (non-hydrogen) atoms. The Labute approximate surface area is 123 Å². The Morgan fingerprint density at radius 1 is 1.20 bits per heavy atom. The summed E-state index contributed by atoms with van der Waals surface area (Å²) in [6.45, 7) is 9.09. The molecule has 2 aliphatic rings. The molecule has 3 heteroatoms. The fourth-order valence-corrected chi connectivity index (χ4v) is 4.33. The fraction of sp³-hybridized carbons (Fsp3) is 0.941. The molecule has 3 unspecified atom stereocenters. The minimum Gasteiger partial charge on any atom is -0.481 e. The first kappa shape index (κ1) is 15.8. The number of hydrogen-bond acceptors (Lipinski definition) is 2. The zero-order valence-electron chi connectivity index (χ0n) is 13.4. The van der Waals surface area contributed by atoms with Gasteiger partial charge >= 0.3 is 5.97 Å². The van der Waals surface area contributed by atoms with Crippen LogP contribution in [0.5, 0.6) is 0 Å². The van der Waals surface area contributed by atoms with Crippen molar-refractivity contribution in [1.82, 2.24) is 4.90 Å². The van der Waals surface area contributed by atoms with Gasteiger partial charge in [0.2, 0.25) is 0 Å². The smallest absolute Gasteiger partial charge is 0.308 e. The van der Waals surface area contributed by atoms with Crippen LogP contribution in [0.2, 0.25) is 0 Å². The number of carbonyl (C=O) groups is 1. The molecule has 1 N–H and O–H groups in total. The van der Waals surface area contributed by atoms with Gasteiger partial charge in [0.05, 0.1) is 5.92 Å². The van der Waals surface area contributed by atoms with Crippen molar-refractivity contribution in [3.8, 4) is 0 Å². The second kappa shape index (κ2) is 6.46. The summed E-state index contributed by atoms with van der Waals surface area (Å²) in [7, 11) is 0.